The van der Waals surface area contributed by atoms with Crippen LogP contribution in [0.5, 0.6) is 0 Å². The van der Waals surface area contributed by atoms with Crippen LogP contribution in [0.3, 0.4) is 0 Å². The number of hydrogen-bond donors (Lipinski definition) is 3. The first-order valence-corrected chi connectivity index (χ1v) is 5.40. The largest absolute Gasteiger partial charge is 0.381 e. The number of H-pyrrole nitrogens is 1. The molecular weight excluding hydrogens is 216 g/mol. The van der Waals surface area contributed by atoms with Crippen LogP contribution in [-0.4, -0.2) is 23.1 Å². The van der Waals surface area contributed by atoms with Crippen LogP contribution in [0.25, 0.3) is 11.3 Å². The lowest BCUT2D eigenvalue weighted by Gasteiger charge is -2.10. The van der Waals surface area contributed by atoms with E-state index in [0.29, 0.717) is 13.1 Å². The maximum atomic E-state index is 11.3. The summed E-state index contributed by atoms with van der Waals surface area (Å²) >= 11 is 0. The lowest BCUT2D eigenvalue weighted by atomic mass is 10.1. The van der Waals surface area contributed by atoms with E-state index in [1.807, 2.05) is 30.3 Å². The molecule has 0 aliphatic rings. The minimum atomic E-state index is -0.359. The zero-order valence-electron chi connectivity index (χ0n) is 9.31. The Hall–Kier alpha value is -2.14. The summed E-state index contributed by atoms with van der Waals surface area (Å²) in [7, 11) is 0. The van der Waals surface area contributed by atoms with Crippen LogP contribution in [-0.2, 0) is 0 Å². The first-order valence-electron chi connectivity index (χ1n) is 5.40. The molecular formula is C12H14N4O. The van der Waals surface area contributed by atoms with Gasteiger partial charge in [0.2, 0.25) is 0 Å². The summed E-state index contributed by atoms with van der Waals surface area (Å²) in [6.07, 6.45) is 1.52. The summed E-state index contributed by atoms with van der Waals surface area (Å²) in [5, 5.41) is 3.13. The van der Waals surface area contributed by atoms with Crippen molar-refractivity contribution in [3.63, 3.8) is 0 Å². The van der Waals surface area contributed by atoms with Gasteiger partial charge in [-0.15, -0.1) is 0 Å². The first kappa shape index (κ1) is 11.3. The predicted molar refractivity (Wildman–Crippen MR) is 67.8 cm³/mol. The predicted octanol–water partition coefficient (Wildman–Crippen LogP) is 0.807. The zero-order chi connectivity index (χ0) is 12.1. The van der Waals surface area contributed by atoms with E-state index in [9.17, 15) is 4.79 Å². The van der Waals surface area contributed by atoms with Crippen molar-refractivity contribution in [3.05, 3.63) is 47.0 Å². The van der Waals surface area contributed by atoms with E-state index in [4.69, 9.17) is 5.73 Å². The summed E-state index contributed by atoms with van der Waals surface area (Å²) in [6.45, 7) is 1.15. The molecule has 0 radical (unpaired) electrons. The molecule has 0 unspecified atom stereocenters. The standard InChI is InChI=1S/C12H14N4O/c13-6-7-14-10-8-15-12(17)16-11(10)9-4-2-1-3-5-9/h1-5,8,14H,6-7,13H2,(H,15,16,17). The second-order valence-electron chi connectivity index (χ2n) is 3.56. The van der Waals surface area contributed by atoms with Crippen LogP contribution >= 0.6 is 0 Å². The highest BCUT2D eigenvalue weighted by atomic mass is 16.1. The molecule has 0 fully saturated rings. The van der Waals surface area contributed by atoms with Crippen molar-refractivity contribution < 1.29 is 0 Å². The zero-order valence-corrected chi connectivity index (χ0v) is 9.31. The van der Waals surface area contributed by atoms with E-state index in [2.05, 4.69) is 15.3 Å². The molecule has 1 aromatic carbocycles. The average molecular weight is 230 g/mol. The van der Waals surface area contributed by atoms with Gasteiger partial charge >= 0.3 is 5.69 Å². The second-order valence-corrected chi connectivity index (χ2v) is 3.56. The number of benzene rings is 1. The van der Waals surface area contributed by atoms with Crippen molar-refractivity contribution >= 4 is 5.69 Å². The van der Waals surface area contributed by atoms with Gasteiger partial charge in [0, 0.05) is 18.7 Å². The first-order chi connectivity index (χ1) is 8.31. The Morgan fingerprint density at radius 1 is 1.29 bits per heavy atom. The van der Waals surface area contributed by atoms with E-state index in [-0.39, 0.29) is 5.69 Å². The normalized spacial score (nSPS) is 10.2. The number of nitrogens with one attached hydrogen (secondary N) is 2. The Labute approximate surface area is 98.7 Å². The molecule has 0 atom stereocenters. The number of rotatable bonds is 4. The van der Waals surface area contributed by atoms with Gasteiger partial charge in [-0.2, -0.15) is 4.98 Å². The summed E-state index contributed by atoms with van der Waals surface area (Å²) in [5.41, 5.74) is 7.53. The number of nitrogens with zero attached hydrogens (tertiary/aromatic N) is 1. The highest BCUT2D eigenvalue weighted by Crippen LogP contribution is 2.22. The Bertz CT molecular complexity index is 536. The molecule has 88 valence electrons. The van der Waals surface area contributed by atoms with Gasteiger partial charge in [-0.05, 0) is 0 Å². The topological polar surface area (TPSA) is 83.8 Å². The molecule has 0 aliphatic heterocycles. The fraction of sp³-hybridized carbons (Fsp3) is 0.167. The van der Waals surface area contributed by atoms with E-state index in [0.717, 1.165) is 16.9 Å². The Balaban J connectivity index is 2.43. The summed E-state index contributed by atoms with van der Waals surface area (Å²) in [5.74, 6) is 0. The maximum absolute atomic E-state index is 11.3. The average Bonchev–Trinajstić information content (AvgIpc) is 2.38. The quantitative estimate of drug-likeness (QED) is 0.725. The minimum Gasteiger partial charge on any atom is -0.381 e. The number of nitrogens with two attached hydrogens (primary N) is 1. The Kier molecular flexibility index (Phi) is 3.52. The van der Waals surface area contributed by atoms with Crippen molar-refractivity contribution in [1.29, 1.82) is 0 Å². The SMILES string of the molecule is NCCNc1cnc(=O)[nH]c1-c1ccccc1. The third kappa shape index (κ3) is 2.70. The molecule has 0 amide bonds. The molecule has 5 heteroatoms. The van der Waals surface area contributed by atoms with Crippen molar-refractivity contribution in [2.75, 3.05) is 18.4 Å². The lowest BCUT2D eigenvalue weighted by Crippen LogP contribution is -2.17. The van der Waals surface area contributed by atoms with E-state index < -0.39 is 0 Å². The van der Waals surface area contributed by atoms with Crippen LogP contribution < -0.4 is 16.7 Å². The Morgan fingerprint density at radius 2 is 2.06 bits per heavy atom. The molecule has 4 N–H and O–H groups in total. The fourth-order valence-electron chi connectivity index (χ4n) is 1.57. The number of hydrogen-bond acceptors (Lipinski definition) is 4. The smallest absolute Gasteiger partial charge is 0.345 e. The van der Waals surface area contributed by atoms with Gasteiger partial charge in [0.15, 0.2) is 0 Å². The third-order valence-electron chi connectivity index (χ3n) is 2.33. The molecule has 0 saturated carbocycles. The van der Waals surface area contributed by atoms with Gasteiger partial charge < -0.3 is 16.0 Å². The van der Waals surface area contributed by atoms with Gasteiger partial charge in [-0.3, -0.25) is 0 Å². The summed E-state index contributed by atoms with van der Waals surface area (Å²) in [4.78, 5) is 17.7. The van der Waals surface area contributed by atoms with Crippen molar-refractivity contribution in [3.8, 4) is 11.3 Å². The molecule has 0 spiro atoms. The van der Waals surface area contributed by atoms with Crippen LogP contribution in [0.4, 0.5) is 5.69 Å². The Morgan fingerprint density at radius 3 is 2.76 bits per heavy atom. The van der Waals surface area contributed by atoms with E-state index in [1.54, 1.807) is 0 Å². The van der Waals surface area contributed by atoms with E-state index in [1.165, 1.54) is 6.20 Å². The fourth-order valence-corrected chi connectivity index (χ4v) is 1.57. The molecule has 0 saturated heterocycles. The summed E-state index contributed by atoms with van der Waals surface area (Å²) in [6, 6.07) is 9.62. The van der Waals surface area contributed by atoms with E-state index >= 15 is 0 Å². The van der Waals surface area contributed by atoms with Gasteiger partial charge in [0.1, 0.15) is 0 Å². The molecule has 17 heavy (non-hydrogen) atoms. The van der Waals surface area contributed by atoms with Crippen LogP contribution in [0.15, 0.2) is 41.3 Å². The van der Waals surface area contributed by atoms with Crippen LogP contribution in [0.1, 0.15) is 0 Å². The molecule has 2 rings (SSSR count). The van der Waals surface area contributed by atoms with Crippen molar-refractivity contribution in [2.45, 2.75) is 0 Å². The van der Waals surface area contributed by atoms with Crippen LogP contribution in [0.2, 0.25) is 0 Å². The van der Waals surface area contributed by atoms with Gasteiger partial charge in [0.25, 0.3) is 0 Å². The van der Waals surface area contributed by atoms with Gasteiger partial charge in [-0.1, -0.05) is 30.3 Å². The highest BCUT2D eigenvalue weighted by Gasteiger charge is 2.05. The molecule has 5 nitrogen and oxygen atoms in total. The number of aromatic amines is 1. The molecule has 0 bridgehead atoms. The van der Waals surface area contributed by atoms with Crippen molar-refractivity contribution in [1.82, 2.24) is 9.97 Å². The second kappa shape index (κ2) is 5.27. The van der Waals surface area contributed by atoms with Crippen LogP contribution in [0, 0.1) is 0 Å². The van der Waals surface area contributed by atoms with Gasteiger partial charge in [-0.25, -0.2) is 4.79 Å². The molecule has 1 heterocycles. The lowest BCUT2D eigenvalue weighted by molar-refractivity contribution is 1.01. The number of aromatic nitrogens is 2. The highest BCUT2D eigenvalue weighted by molar-refractivity contribution is 5.73. The maximum Gasteiger partial charge on any atom is 0.345 e. The molecule has 1 aromatic heterocycles. The minimum absolute atomic E-state index is 0.359. The van der Waals surface area contributed by atoms with Crippen molar-refractivity contribution in [2.24, 2.45) is 5.73 Å². The van der Waals surface area contributed by atoms with Gasteiger partial charge in [0.05, 0.1) is 17.6 Å². The molecule has 0 aliphatic carbocycles. The monoisotopic (exact) mass is 230 g/mol. The third-order valence-corrected chi connectivity index (χ3v) is 2.33. The number of anilines is 1. The molecule has 2 aromatic rings. The summed E-state index contributed by atoms with van der Waals surface area (Å²) < 4.78 is 0.